The van der Waals surface area contributed by atoms with Crippen molar-refractivity contribution in [2.75, 3.05) is 32.7 Å². The molecule has 4 rings (SSSR count). The highest BCUT2D eigenvalue weighted by molar-refractivity contribution is 5.82. The first kappa shape index (κ1) is 19.8. The summed E-state index contributed by atoms with van der Waals surface area (Å²) in [5.74, 6) is 0.163. The Morgan fingerprint density at radius 1 is 1.28 bits per heavy atom. The van der Waals surface area contributed by atoms with E-state index < -0.39 is 36.9 Å². The number of hydrogen-bond donors (Lipinski definition) is 4. The largest absolute Gasteiger partial charge is 0.498 e. The Morgan fingerprint density at radius 3 is 2.76 bits per heavy atom. The van der Waals surface area contributed by atoms with Crippen LogP contribution in [0.2, 0.25) is 0 Å². The molecule has 2 aromatic rings. The van der Waals surface area contributed by atoms with Gasteiger partial charge in [-0.2, -0.15) is 0 Å². The van der Waals surface area contributed by atoms with Crippen molar-refractivity contribution in [2.45, 2.75) is 36.7 Å². The molecule has 1 saturated heterocycles. The second-order valence-electron chi connectivity index (χ2n) is 6.83. The van der Waals surface area contributed by atoms with Crippen LogP contribution in [0.1, 0.15) is 12.6 Å². The zero-order valence-electron chi connectivity index (χ0n) is 15.9. The van der Waals surface area contributed by atoms with Gasteiger partial charge in [0.1, 0.15) is 36.7 Å². The van der Waals surface area contributed by atoms with Crippen molar-refractivity contribution in [3.63, 3.8) is 0 Å². The standard InChI is InChI=1S/C17H23N5O7/c1-26-9-3-17(27-2,28-5-9)6-18-14-11-15(20-7-19-14)22(8-21-11)16-13(25)12(24)10(4-23)29-16/h5,7-8,10,12-13,16,23-25H,3-4,6H2,1-2H3,(H,18,19,20)/t10-,12-,13+,16-,17?/m1/s1. The van der Waals surface area contributed by atoms with Gasteiger partial charge >= 0.3 is 0 Å². The van der Waals surface area contributed by atoms with E-state index in [9.17, 15) is 15.3 Å². The lowest BCUT2D eigenvalue weighted by molar-refractivity contribution is -0.166. The van der Waals surface area contributed by atoms with Gasteiger partial charge in [0, 0.05) is 7.11 Å². The van der Waals surface area contributed by atoms with Gasteiger partial charge in [0.25, 0.3) is 0 Å². The molecule has 4 heterocycles. The first-order valence-electron chi connectivity index (χ1n) is 9.02. The minimum Gasteiger partial charge on any atom is -0.498 e. The third kappa shape index (κ3) is 3.38. The molecule has 12 nitrogen and oxygen atoms in total. The van der Waals surface area contributed by atoms with E-state index in [1.165, 1.54) is 23.5 Å². The molecule has 12 heteroatoms. The maximum absolute atomic E-state index is 10.3. The summed E-state index contributed by atoms with van der Waals surface area (Å²) in [5, 5.41) is 32.7. The molecule has 0 radical (unpaired) electrons. The van der Waals surface area contributed by atoms with Crippen LogP contribution in [0, 0.1) is 0 Å². The van der Waals surface area contributed by atoms with E-state index in [-0.39, 0.29) is 6.54 Å². The maximum Gasteiger partial charge on any atom is 0.234 e. The number of aliphatic hydroxyl groups is 3. The number of ether oxygens (including phenoxy) is 4. The van der Waals surface area contributed by atoms with Crippen molar-refractivity contribution in [1.82, 2.24) is 19.5 Å². The zero-order chi connectivity index (χ0) is 20.6. The van der Waals surface area contributed by atoms with Gasteiger partial charge in [-0.05, 0) is 0 Å². The summed E-state index contributed by atoms with van der Waals surface area (Å²) in [7, 11) is 3.10. The number of nitrogens with one attached hydrogen (secondary N) is 1. The van der Waals surface area contributed by atoms with E-state index >= 15 is 0 Å². The van der Waals surface area contributed by atoms with E-state index in [0.29, 0.717) is 29.2 Å². The Balaban J connectivity index is 1.56. The third-order valence-electron chi connectivity index (χ3n) is 5.16. The summed E-state index contributed by atoms with van der Waals surface area (Å²) in [6.07, 6.45) is 0.437. The minimum atomic E-state index is -1.24. The predicted octanol–water partition coefficient (Wildman–Crippen LogP) is -0.899. The molecule has 0 saturated carbocycles. The fourth-order valence-electron chi connectivity index (χ4n) is 3.43. The van der Waals surface area contributed by atoms with E-state index in [4.69, 9.17) is 18.9 Å². The average molecular weight is 409 g/mol. The molecule has 0 bridgehead atoms. The molecule has 0 spiro atoms. The smallest absolute Gasteiger partial charge is 0.234 e. The number of methoxy groups -OCH3 is 2. The number of aromatic nitrogens is 4. The highest BCUT2D eigenvalue weighted by atomic mass is 16.7. The Bertz CT molecular complexity index is 905. The Morgan fingerprint density at radius 2 is 2.10 bits per heavy atom. The quantitative estimate of drug-likeness (QED) is 0.450. The zero-order valence-corrected chi connectivity index (χ0v) is 15.9. The highest BCUT2D eigenvalue weighted by Gasteiger charge is 2.44. The molecule has 5 atom stereocenters. The number of rotatable bonds is 7. The van der Waals surface area contributed by atoms with Crippen LogP contribution >= 0.6 is 0 Å². The van der Waals surface area contributed by atoms with Gasteiger partial charge in [-0.25, -0.2) is 15.0 Å². The van der Waals surface area contributed by atoms with Crippen LogP contribution < -0.4 is 5.32 Å². The number of nitrogens with zero attached hydrogens (tertiary/aromatic N) is 4. The van der Waals surface area contributed by atoms with E-state index in [0.717, 1.165) is 0 Å². The predicted molar refractivity (Wildman–Crippen MR) is 97.4 cm³/mol. The minimum absolute atomic E-state index is 0.264. The molecule has 0 amide bonds. The van der Waals surface area contributed by atoms with Crippen molar-refractivity contribution in [3.05, 3.63) is 24.7 Å². The fourth-order valence-corrected chi connectivity index (χ4v) is 3.43. The van der Waals surface area contributed by atoms with Gasteiger partial charge in [0.15, 0.2) is 23.2 Å². The Labute approximate surface area is 165 Å². The fraction of sp³-hybridized carbons (Fsp3) is 0.588. The SMILES string of the molecule is COC1=COC(CNc2ncnc3c2ncn3[C@@H]2O[C@H](CO)[C@@H](O)[C@@H]2O)(OC)C1. The van der Waals surface area contributed by atoms with E-state index in [1.807, 2.05) is 0 Å². The van der Waals surface area contributed by atoms with Gasteiger partial charge in [-0.1, -0.05) is 0 Å². The number of anilines is 1. The number of imidazole rings is 1. The van der Waals surface area contributed by atoms with Crippen molar-refractivity contribution in [1.29, 1.82) is 0 Å². The number of fused-ring (bicyclic) bond motifs is 1. The van der Waals surface area contributed by atoms with Crippen molar-refractivity contribution >= 4 is 17.0 Å². The summed E-state index contributed by atoms with van der Waals surface area (Å²) < 4.78 is 23.4. The summed E-state index contributed by atoms with van der Waals surface area (Å²) in [4.78, 5) is 12.8. The van der Waals surface area contributed by atoms with Gasteiger partial charge in [0.05, 0.1) is 33.0 Å². The van der Waals surface area contributed by atoms with Gasteiger partial charge in [0.2, 0.25) is 5.79 Å². The van der Waals surface area contributed by atoms with Gasteiger partial charge < -0.3 is 39.6 Å². The molecular formula is C17H23N5O7. The van der Waals surface area contributed by atoms with E-state index in [2.05, 4.69) is 20.3 Å². The summed E-state index contributed by atoms with van der Waals surface area (Å²) in [5.41, 5.74) is 0.835. The molecule has 4 N–H and O–H groups in total. The van der Waals surface area contributed by atoms with Crippen LogP contribution in [-0.4, -0.2) is 86.3 Å². The Hall–Kier alpha value is -2.51. The molecule has 158 valence electrons. The molecule has 0 aromatic carbocycles. The monoisotopic (exact) mass is 409 g/mol. The number of hydrogen-bond acceptors (Lipinski definition) is 11. The maximum atomic E-state index is 10.3. The van der Waals surface area contributed by atoms with Gasteiger partial charge in [-0.3, -0.25) is 4.57 Å². The van der Waals surface area contributed by atoms with Crippen molar-refractivity contribution < 1.29 is 34.3 Å². The number of aliphatic hydroxyl groups excluding tert-OH is 3. The lowest BCUT2D eigenvalue weighted by atomic mass is 10.1. The lowest BCUT2D eigenvalue weighted by Crippen LogP contribution is -2.38. The second kappa shape index (κ2) is 7.72. The summed E-state index contributed by atoms with van der Waals surface area (Å²) >= 11 is 0. The Kier molecular flexibility index (Phi) is 5.27. The topological polar surface area (TPSA) is 153 Å². The van der Waals surface area contributed by atoms with Crippen LogP contribution in [0.5, 0.6) is 0 Å². The molecule has 29 heavy (non-hydrogen) atoms. The van der Waals surface area contributed by atoms with Crippen LogP contribution in [0.3, 0.4) is 0 Å². The second-order valence-corrected chi connectivity index (χ2v) is 6.83. The van der Waals surface area contributed by atoms with E-state index in [1.54, 1.807) is 14.2 Å². The van der Waals surface area contributed by atoms with Crippen LogP contribution in [0.25, 0.3) is 11.2 Å². The molecule has 2 aliphatic rings. The molecule has 1 fully saturated rings. The lowest BCUT2D eigenvalue weighted by Gasteiger charge is -2.27. The molecule has 0 aliphatic carbocycles. The summed E-state index contributed by atoms with van der Waals surface area (Å²) in [6, 6.07) is 0. The van der Waals surface area contributed by atoms with Crippen LogP contribution in [0.4, 0.5) is 5.82 Å². The molecule has 2 aliphatic heterocycles. The highest BCUT2D eigenvalue weighted by Crippen LogP contribution is 2.33. The normalized spacial score (nSPS) is 31.7. The summed E-state index contributed by atoms with van der Waals surface area (Å²) in [6.45, 7) is -0.153. The third-order valence-corrected chi connectivity index (χ3v) is 5.16. The first-order valence-corrected chi connectivity index (χ1v) is 9.02. The average Bonchev–Trinajstić information content (AvgIpc) is 3.44. The molecular weight excluding hydrogens is 386 g/mol. The first-order chi connectivity index (χ1) is 14.0. The van der Waals surface area contributed by atoms with Crippen molar-refractivity contribution in [2.24, 2.45) is 0 Å². The van der Waals surface area contributed by atoms with Crippen molar-refractivity contribution in [3.8, 4) is 0 Å². The molecule has 2 aromatic heterocycles. The van der Waals surface area contributed by atoms with Crippen LogP contribution in [0.15, 0.2) is 24.7 Å². The molecule has 1 unspecified atom stereocenters. The van der Waals surface area contributed by atoms with Crippen LogP contribution in [-0.2, 0) is 18.9 Å². The van der Waals surface area contributed by atoms with Gasteiger partial charge in [-0.15, -0.1) is 0 Å².